The molecule has 1 aromatic carbocycles. The van der Waals surface area contributed by atoms with Crippen LogP contribution in [0.1, 0.15) is 5.56 Å². The summed E-state index contributed by atoms with van der Waals surface area (Å²) in [5.41, 5.74) is 1.32. The Hall–Kier alpha value is 1.20. The average Bonchev–Trinajstić information content (AvgIpc) is 1.69. The van der Waals surface area contributed by atoms with Crippen LogP contribution in [0, 0.1) is 6.92 Å². The van der Waals surface area contributed by atoms with Gasteiger partial charge in [-0.05, 0) is 6.92 Å². The quantitative estimate of drug-likeness (QED) is 0.303. The molecule has 0 aliphatic rings. The summed E-state index contributed by atoms with van der Waals surface area (Å²) in [7, 11) is 0. The van der Waals surface area contributed by atoms with Crippen molar-refractivity contribution in [2.45, 2.75) is 6.92 Å². The van der Waals surface area contributed by atoms with Crippen molar-refractivity contribution < 1.29 is 65.0 Å². The molecular formula is C7H8CuI2. The van der Waals surface area contributed by atoms with Crippen molar-refractivity contribution in [3.05, 3.63) is 35.9 Å². The summed E-state index contributed by atoms with van der Waals surface area (Å²) in [6.07, 6.45) is 0. The van der Waals surface area contributed by atoms with Gasteiger partial charge < -0.3 is 48.0 Å². The topological polar surface area (TPSA) is 0 Å². The Morgan fingerprint density at radius 1 is 0.900 bits per heavy atom. The molecule has 0 atom stereocenters. The number of halogens is 2. The van der Waals surface area contributed by atoms with Crippen molar-refractivity contribution in [3.8, 4) is 0 Å². The Morgan fingerprint density at radius 3 is 1.50 bits per heavy atom. The molecule has 0 unspecified atom stereocenters. The molecule has 3 heteroatoms. The Kier molecular flexibility index (Phi) is 17.7. The van der Waals surface area contributed by atoms with E-state index in [-0.39, 0.29) is 65.0 Å². The van der Waals surface area contributed by atoms with Crippen LogP contribution in [0.2, 0.25) is 0 Å². The second kappa shape index (κ2) is 10.2. The van der Waals surface area contributed by atoms with Gasteiger partial charge in [-0.15, -0.1) is 0 Å². The molecule has 0 bridgehead atoms. The van der Waals surface area contributed by atoms with Crippen LogP contribution < -0.4 is 48.0 Å². The van der Waals surface area contributed by atoms with E-state index < -0.39 is 0 Å². The van der Waals surface area contributed by atoms with Crippen LogP contribution >= 0.6 is 0 Å². The third-order valence-corrected chi connectivity index (χ3v) is 0.940. The van der Waals surface area contributed by atoms with Gasteiger partial charge in [0.2, 0.25) is 0 Å². The van der Waals surface area contributed by atoms with E-state index >= 15 is 0 Å². The summed E-state index contributed by atoms with van der Waals surface area (Å²) < 4.78 is 0. The van der Waals surface area contributed by atoms with Crippen molar-refractivity contribution in [2.75, 3.05) is 0 Å². The van der Waals surface area contributed by atoms with Gasteiger partial charge >= 0.3 is 17.1 Å². The predicted octanol–water partition coefficient (Wildman–Crippen LogP) is -4.00. The van der Waals surface area contributed by atoms with Gasteiger partial charge in [0.1, 0.15) is 0 Å². The zero-order valence-electron chi connectivity index (χ0n) is 5.44. The van der Waals surface area contributed by atoms with Crippen molar-refractivity contribution in [3.63, 3.8) is 0 Å². The zero-order chi connectivity index (χ0) is 5.11. The van der Waals surface area contributed by atoms with Gasteiger partial charge in [-0.3, -0.25) is 0 Å². The van der Waals surface area contributed by atoms with Gasteiger partial charge in [0.25, 0.3) is 0 Å². The van der Waals surface area contributed by atoms with Crippen LogP contribution in [-0.2, 0) is 17.1 Å². The fourth-order valence-corrected chi connectivity index (χ4v) is 0.534. The summed E-state index contributed by atoms with van der Waals surface area (Å²) >= 11 is 0. The number of aryl methyl sites for hydroxylation is 1. The van der Waals surface area contributed by atoms with E-state index in [2.05, 4.69) is 19.1 Å². The standard InChI is InChI=1S/C7H8.Cu.2HI/c1-7-5-3-2-4-6-7;;;/h2-6H,1H3;;2*1H/q;+2;;/p-2. The van der Waals surface area contributed by atoms with Crippen LogP contribution in [0.15, 0.2) is 30.3 Å². The van der Waals surface area contributed by atoms with Gasteiger partial charge in [-0.1, -0.05) is 35.9 Å². The molecule has 0 aromatic heterocycles. The molecule has 0 nitrogen and oxygen atoms in total. The Balaban J connectivity index is -0.000000163. The van der Waals surface area contributed by atoms with Crippen LogP contribution in [0.25, 0.3) is 0 Å². The van der Waals surface area contributed by atoms with Gasteiger partial charge in [0.15, 0.2) is 0 Å². The van der Waals surface area contributed by atoms with E-state index in [1.54, 1.807) is 0 Å². The van der Waals surface area contributed by atoms with Crippen LogP contribution in [0.5, 0.6) is 0 Å². The Morgan fingerprint density at radius 2 is 1.30 bits per heavy atom. The smallest absolute Gasteiger partial charge is 1.00 e. The van der Waals surface area contributed by atoms with E-state index in [9.17, 15) is 0 Å². The van der Waals surface area contributed by atoms with Crippen molar-refractivity contribution in [1.82, 2.24) is 0 Å². The van der Waals surface area contributed by atoms with Crippen molar-refractivity contribution >= 4 is 0 Å². The van der Waals surface area contributed by atoms with E-state index in [1.165, 1.54) is 5.56 Å². The molecule has 0 N–H and O–H groups in total. The molecule has 0 fully saturated rings. The molecule has 0 saturated heterocycles. The summed E-state index contributed by atoms with van der Waals surface area (Å²) in [6, 6.07) is 10.3. The summed E-state index contributed by atoms with van der Waals surface area (Å²) in [5.74, 6) is 0. The third kappa shape index (κ3) is 7.31. The molecule has 0 amide bonds. The SMILES string of the molecule is Cc1ccccc1.[Cu+2].[I-].[I-]. The largest absolute Gasteiger partial charge is 2.00 e. The fourth-order valence-electron chi connectivity index (χ4n) is 0.534. The molecule has 1 rings (SSSR count). The Labute approximate surface area is 107 Å². The van der Waals surface area contributed by atoms with Crippen LogP contribution in [0.4, 0.5) is 0 Å². The van der Waals surface area contributed by atoms with Gasteiger partial charge in [0.05, 0.1) is 0 Å². The number of hydrogen-bond donors (Lipinski definition) is 0. The monoisotopic (exact) mass is 409 g/mol. The van der Waals surface area contributed by atoms with Crippen molar-refractivity contribution in [2.24, 2.45) is 0 Å². The molecule has 1 radical (unpaired) electrons. The Bertz CT molecular complexity index is 142. The maximum atomic E-state index is 2.08. The number of benzene rings is 1. The number of rotatable bonds is 0. The molecule has 0 heterocycles. The van der Waals surface area contributed by atoms with E-state index in [0.29, 0.717) is 0 Å². The van der Waals surface area contributed by atoms with Gasteiger partial charge in [-0.2, -0.15) is 0 Å². The molecule has 0 aliphatic heterocycles. The molecule has 10 heavy (non-hydrogen) atoms. The first kappa shape index (κ1) is 17.3. The fraction of sp³-hybridized carbons (Fsp3) is 0.143. The minimum atomic E-state index is 0. The second-order valence-corrected chi connectivity index (χ2v) is 1.65. The van der Waals surface area contributed by atoms with Gasteiger partial charge in [-0.25, -0.2) is 0 Å². The molecule has 1 aromatic rings. The summed E-state index contributed by atoms with van der Waals surface area (Å²) in [5, 5.41) is 0. The molecule has 61 valence electrons. The molecule has 0 spiro atoms. The normalized spacial score (nSPS) is 6.10. The minimum absolute atomic E-state index is 0. The third-order valence-electron chi connectivity index (χ3n) is 0.940. The molecule has 0 aliphatic carbocycles. The maximum Gasteiger partial charge on any atom is 2.00 e. The zero-order valence-corrected chi connectivity index (χ0v) is 10.7. The van der Waals surface area contributed by atoms with E-state index in [0.717, 1.165) is 0 Å². The molecular weight excluding hydrogens is 401 g/mol. The average molecular weight is 409 g/mol. The second-order valence-electron chi connectivity index (χ2n) is 1.65. The van der Waals surface area contributed by atoms with E-state index in [1.807, 2.05) is 18.2 Å². The predicted molar refractivity (Wildman–Crippen MR) is 31.2 cm³/mol. The van der Waals surface area contributed by atoms with Crippen LogP contribution in [0.3, 0.4) is 0 Å². The first-order valence-electron chi connectivity index (χ1n) is 2.41. The summed E-state index contributed by atoms with van der Waals surface area (Å²) in [4.78, 5) is 0. The maximum absolute atomic E-state index is 2.08. The molecule has 0 saturated carbocycles. The van der Waals surface area contributed by atoms with Gasteiger partial charge in [0, 0.05) is 0 Å². The number of hydrogen-bond acceptors (Lipinski definition) is 0. The van der Waals surface area contributed by atoms with Crippen molar-refractivity contribution in [1.29, 1.82) is 0 Å². The van der Waals surface area contributed by atoms with Crippen LogP contribution in [-0.4, -0.2) is 0 Å². The first-order chi connectivity index (χ1) is 3.39. The first-order valence-corrected chi connectivity index (χ1v) is 2.41. The minimum Gasteiger partial charge on any atom is -1.00 e. The summed E-state index contributed by atoms with van der Waals surface area (Å²) in [6.45, 7) is 2.08. The van der Waals surface area contributed by atoms with E-state index in [4.69, 9.17) is 0 Å².